The van der Waals surface area contributed by atoms with Gasteiger partial charge in [-0.2, -0.15) is 0 Å². The molecule has 3 aromatic rings. The zero-order chi connectivity index (χ0) is 21.8. The van der Waals surface area contributed by atoms with Crippen LogP contribution in [0.5, 0.6) is 0 Å². The average Bonchev–Trinajstić information content (AvgIpc) is 3.23. The number of hydrogen-bond acceptors (Lipinski definition) is 5. The van der Waals surface area contributed by atoms with Crippen molar-refractivity contribution in [3.63, 3.8) is 0 Å². The van der Waals surface area contributed by atoms with Gasteiger partial charge >= 0.3 is 0 Å². The minimum Gasteiger partial charge on any atom is -0.339 e. The molecule has 0 aliphatic carbocycles. The van der Waals surface area contributed by atoms with Crippen molar-refractivity contribution >= 4 is 34.3 Å². The van der Waals surface area contributed by atoms with E-state index in [0.717, 1.165) is 50.6 Å². The van der Waals surface area contributed by atoms with E-state index in [9.17, 15) is 9.59 Å². The van der Waals surface area contributed by atoms with Crippen molar-refractivity contribution in [2.75, 3.05) is 12.3 Å². The van der Waals surface area contributed by atoms with E-state index in [4.69, 9.17) is 0 Å². The SMILES string of the molecule is CCCCCn1c(=O)c2ccccc2n2c(SCC(=O)N3CCCCC3CC)nnc12. The lowest BCUT2D eigenvalue weighted by atomic mass is 10.0. The number of piperidine rings is 1. The summed E-state index contributed by atoms with van der Waals surface area (Å²) in [7, 11) is 0. The molecule has 1 aromatic carbocycles. The summed E-state index contributed by atoms with van der Waals surface area (Å²) < 4.78 is 3.67. The second-order valence-corrected chi connectivity index (χ2v) is 9.18. The Labute approximate surface area is 186 Å². The summed E-state index contributed by atoms with van der Waals surface area (Å²) in [6.45, 7) is 5.76. The maximum atomic E-state index is 13.1. The smallest absolute Gasteiger partial charge is 0.262 e. The quantitative estimate of drug-likeness (QED) is 0.388. The van der Waals surface area contributed by atoms with Gasteiger partial charge in [0.1, 0.15) is 0 Å². The highest BCUT2D eigenvalue weighted by Gasteiger charge is 2.26. The van der Waals surface area contributed by atoms with Crippen molar-refractivity contribution in [3.05, 3.63) is 34.6 Å². The zero-order valence-electron chi connectivity index (χ0n) is 18.4. The first-order chi connectivity index (χ1) is 15.2. The fourth-order valence-electron chi connectivity index (χ4n) is 4.51. The largest absolute Gasteiger partial charge is 0.339 e. The van der Waals surface area contributed by atoms with E-state index in [0.29, 0.717) is 34.7 Å². The third kappa shape index (κ3) is 4.35. The van der Waals surface area contributed by atoms with Crippen LogP contribution in [0.4, 0.5) is 0 Å². The molecule has 8 heteroatoms. The van der Waals surface area contributed by atoms with E-state index in [1.807, 2.05) is 33.6 Å². The number of hydrogen-bond donors (Lipinski definition) is 0. The molecule has 0 bridgehead atoms. The minimum atomic E-state index is -0.0293. The van der Waals surface area contributed by atoms with Crippen LogP contribution in [0.15, 0.2) is 34.2 Å². The molecule has 7 nitrogen and oxygen atoms in total. The van der Waals surface area contributed by atoms with Crippen LogP contribution >= 0.6 is 11.8 Å². The molecule has 4 rings (SSSR count). The van der Waals surface area contributed by atoms with Gasteiger partial charge in [-0.3, -0.25) is 18.6 Å². The van der Waals surface area contributed by atoms with E-state index >= 15 is 0 Å². The molecule has 166 valence electrons. The molecular formula is C23H31N5O2S. The number of para-hydroxylation sites is 1. The molecule has 1 amide bonds. The molecule has 2 aromatic heterocycles. The lowest BCUT2D eigenvalue weighted by molar-refractivity contribution is -0.132. The first-order valence-corrected chi connectivity index (χ1v) is 12.4. The number of nitrogens with zero attached hydrogens (tertiary/aromatic N) is 5. The number of carbonyl (C=O) groups is 1. The average molecular weight is 442 g/mol. The van der Waals surface area contributed by atoms with E-state index < -0.39 is 0 Å². The number of aryl methyl sites for hydroxylation is 1. The number of carbonyl (C=O) groups excluding carboxylic acids is 1. The molecule has 0 N–H and O–H groups in total. The van der Waals surface area contributed by atoms with Crippen molar-refractivity contribution in [1.29, 1.82) is 0 Å². The van der Waals surface area contributed by atoms with E-state index in [1.54, 1.807) is 4.57 Å². The van der Waals surface area contributed by atoms with Gasteiger partial charge in [-0.05, 0) is 44.2 Å². The second kappa shape index (κ2) is 9.85. The highest BCUT2D eigenvalue weighted by atomic mass is 32.2. The maximum Gasteiger partial charge on any atom is 0.262 e. The van der Waals surface area contributed by atoms with Crippen molar-refractivity contribution in [2.24, 2.45) is 0 Å². The molecule has 0 radical (unpaired) electrons. The van der Waals surface area contributed by atoms with E-state index in [-0.39, 0.29) is 11.5 Å². The molecule has 1 aliphatic rings. The van der Waals surface area contributed by atoms with Gasteiger partial charge in [-0.1, -0.05) is 50.6 Å². The van der Waals surface area contributed by atoms with Crippen LogP contribution in [0.1, 0.15) is 58.8 Å². The van der Waals surface area contributed by atoms with Crippen LogP contribution in [0.2, 0.25) is 0 Å². The Hall–Kier alpha value is -2.35. The molecule has 1 saturated heterocycles. The van der Waals surface area contributed by atoms with Crippen LogP contribution < -0.4 is 5.56 Å². The summed E-state index contributed by atoms with van der Waals surface area (Å²) >= 11 is 1.41. The number of benzene rings is 1. The lowest BCUT2D eigenvalue weighted by Crippen LogP contribution is -2.44. The highest BCUT2D eigenvalue weighted by Crippen LogP contribution is 2.25. The summed E-state index contributed by atoms with van der Waals surface area (Å²) in [5.74, 6) is 1.05. The molecule has 0 saturated carbocycles. The second-order valence-electron chi connectivity index (χ2n) is 8.23. The van der Waals surface area contributed by atoms with Gasteiger partial charge in [0.15, 0.2) is 5.16 Å². The first kappa shape index (κ1) is 21.9. The van der Waals surface area contributed by atoms with Gasteiger partial charge in [-0.15, -0.1) is 10.2 Å². The summed E-state index contributed by atoms with van der Waals surface area (Å²) in [6, 6.07) is 7.93. The summed E-state index contributed by atoms with van der Waals surface area (Å²) in [4.78, 5) is 28.1. The summed E-state index contributed by atoms with van der Waals surface area (Å²) in [5, 5.41) is 10.1. The molecule has 31 heavy (non-hydrogen) atoms. The predicted octanol–water partition coefficient (Wildman–Crippen LogP) is 4.12. The van der Waals surface area contributed by atoms with Gasteiger partial charge < -0.3 is 4.90 Å². The third-order valence-corrected chi connectivity index (χ3v) is 7.12. The Kier molecular flexibility index (Phi) is 6.95. The molecule has 0 spiro atoms. The molecule has 1 unspecified atom stereocenters. The topological polar surface area (TPSA) is 72.5 Å². The molecule has 1 fully saturated rings. The molecule has 1 atom stereocenters. The number of thioether (sulfide) groups is 1. The van der Waals surface area contributed by atoms with Crippen LogP contribution in [0.3, 0.4) is 0 Å². The van der Waals surface area contributed by atoms with Crippen molar-refractivity contribution in [2.45, 2.75) is 76.5 Å². The van der Waals surface area contributed by atoms with Gasteiger partial charge in [0, 0.05) is 19.1 Å². The number of rotatable bonds is 8. The lowest BCUT2D eigenvalue weighted by Gasteiger charge is -2.35. The molecular weight excluding hydrogens is 410 g/mol. The number of amides is 1. The highest BCUT2D eigenvalue weighted by molar-refractivity contribution is 7.99. The van der Waals surface area contributed by atoms with Gasteiger partial charge in [0.05, 0.1) is 16.7 Å². The Morgan fingerprint density at radius 3 is 2.81 bits per heavy atom. The number of aromatic nitrogens is 4. The fraction of sp³-hybridized carbons (Fsp3) is 0.565. The standard InChI is InChI=1S/C23H31N5O2S/c1-3-5-9-15-27-21(30)18-12-6-7-13-19(18)28-22(27)24-25-23(28)31-16-20(29)26-14-10-8-11-17(26)4-2/h6-7,12-13,17H,3-5,8-11,14-16H2,1-2H3. The van der Waals surface area contributed by atoms with Crippen molar-refractivity contribution < 1.29 is 4.79 Å². The van der Waals surface area contributed by atoms with Crippen LogP contribution in [0.25, 0.3) is 16.7 Å². The van der Waals surface area contributed by atoms with Crippen LogP contribution in [0, 0.1) is 0 Å². The van der Waals surface area contributed by atoms with Gasteiger partial charge in [0.2, 0.25) is 11.7 Å². The molecule has 3 heterocycles. The normalized spacial score (nSPS) is 17.0. The number of likely N-dealkylation sites (tertiary alicyclic amines) is 1. The fourth-order valence-corrected chi connectivity index (χ4v) is 5.34. The summed E-state index contributed by atoms with van der Waals surface area (Å²) in [6.07, 6.45) is 7.44. The Morgan fingerprint density at radius 2 is 2.00 bits per heavy atom. The Balaban J connectivity index is 1.66. The van der Waals surface area contributed by atoms with Crippen LogP contribution in [-0.4, -0.2) is 48.3 Å². The molecule has 1 aliphatic heterocycles. The monoisotopic (exact) mass is 441 g/mol. The predicted molar refractivity (Wildman–Crippen MR) is 125 cm³/mol. The number of fused-ring (bicyclic) bond motifs is 3. The van der Waals surface area contributed by atoms with Gasteiger partial charge in [0.25, 0.3) is 5.56 Å². The summed E-state index contributed by atoms with van der Waals surface area (Å²) in [5.41, 5.74) is 0.761. The number of unbranched alkanes of at least 4 members (excludes halogenated alkanes) is 2. The zero-order valence-corrected chi connectivity index (χ0v) is 19.2. The van der Waals surface area contributed by atoms with E-state index in [2.05, 4.69) is 24.0 Å². The minimum absolute atomic E-state index is 0.0293. The first-order valence-electron chi connectivity index (χ1n) is 11.4. The maximum absolute atomic E-state index is 13.1. The van der Waals surface area contributed by atoms with Crippen molar-refractivity contribution in [1.82, 2.24) is 24.1 Å². The Bertz CT molecular complexity index is 1120. The van der Waals surface area contributed by atoms with Gasteiger partial charge in [-0.25, -0.2) is 0 Å². The Morgan fingerprint density at radius 1 is 1.16 bits per heavy atom. The third-order valence-electron chi connectivity index (χ3n) is 6.21. The van der Waals surface area contributed by atoms with E-state index in [1.165, 1.54) is 18.2 Å². The van der Waals surface area contributed by atoms with Crippen LogP contribution in [-0.2, 0) is 11.3 Å². The van der Waals surface area contributed by atoms with Crippen molar-refractivity contribution in [3.8, 4) is 0 Å².